The molecule has 0 aliphatic heterocycles. The van der Waals surface area contributed by atoms with Gasteiger partial charge in [0.15, 0.2) is 5.03 Å². The van der Waals surface area contributed by atoms with Crippen LogP contribution in [0.4, 0.5) is 4.79 Å². The zero-order chi connectivity index (χ0) is 10.3. The molecule has 0 saturated heterocycles. The van der Waals surface area contributed by atoms with Gasteiger partial charge in [-0.05, 0) is 18.4 Å². The Kier molecular flexibility index (Phi) is 5.58. The fraction of sp³-hybridized carbons (Fsp3) is 0.857. The van der Waals surface area contributed by atoms with E-state index >= 15 is 0 Å². The predicted octanol–water partition coefficient (Wildman–Crippen LogP) is 1.44. The van der Waals surface area contributed by atoms with Gasteiger partial charge in [0.2, 0.25) is 0 Å². The lowest BCUT2D eigenvalue weighted by atomic mass is 10.4. The molecule has 13 heavy (non-hydrogen) atoms. The van der Waals surface area contributed by atoms with Crippen molar-refractivity contribution >= 4 is 6.09 Å². The number of hydrogen-bond donors (Lipinski definition) is 0. The van der Waals surface area contributed by atoms with Crippen LogP contribution in [0.1, 0.15) is 26.7 Å². The Balaban J connectivity index is 3.85. The maximum absolute atomic E-state index is 11.0. The van der Waals surface area contributed by atoms with Crippen molar-refractivity contribution in [1.29, 1.82) is 0 Å². The Morgan fingerprint density at radius 1 is 1.54 bits per heavy atom. The van der Waals surface area contributed by atoms with Crippen molar-refractivity contribution < 1.29 is 14.6 Å². The van der Waals surface area contributed by atoms with Crippen LogP contribution in [-0.4, -0.2) is 29.3 Å². The van der Waals surface area contributed by atoms with E-state index in [1.165, 1.54) is 6.92 Å². The number of hydrazine groups is 1. The second-order valence-corrected chi connectivity index (χ2v) is 2.42. The summed E-state index contributed by atoms with van der Waals surface area (Å²) in [6.07, 6.45) is 0.722. The number of carbonyl (C=O) groups is 1. The minimum atomic E-state index is -0.888. The zero-order valence-corrected chi connectivity index (χ0v) is 7.86. The molecule has 0 N–H and O–H groups in total. The second kappa shape index (κ2) is 6.22. The summed E-state index contributed by atoms with van der Waals surface area (Å²) in [6.45, 7) is 3.71. The van der Waals surface area contributed by atoms with Gasteiger partial charge in [0, 0.05) is 0 Å². The van der Waals surface area contributed by atoms with Gasteiger partial charge >= 0.3 is 6.09 Å². The van der Waals surface area contributed by atoms with E-state index in [-0.39, 0.29) is 13.2 Å². The highest BCUT2D eigenvalue weighted by Gasteiger charge is 2.22. The monoisotopic (exact) mass is 190 g/mol. The summed E-state index contributed by atoms with van der Waals surface area (Å²) in [5.41, 5.74) is 0. The van der Waals surface area contributed by atoms with E-state index < -0.39 is 11.1 Å². The lowest BCUT2D eigenvalue weighted by molar-refractivity contribution is -0.634. The molecule has 6 nitrogen and oxygen atoms in total. The van der Waals surface area contributed by atoms with Gasteiger partial charge in [-0.1, -0.05) is 13.3 Å². The summed E-state index contributed by atoms with van der Waals surface area (Å²) < 4.78 is 4.64. The highest BCUT2D eigenvalue weighted by Crippen LogP contribution is 1.96. The number of amides is 1. The first-order valence-electron chi connectivity index (χ1n) is 4.22. The Morgan fingerprint density at radius 3 is 2.54 bits per heavy atom. The van der Waals surface area contributed by atoms with Crippen molar-refractivity contribution in [2.75, 3.05) is 13.2 Å². The molecule has 0 aliphatic rings. The molecule has 0 rings (SSSR count). The van der Waals surface area contributed by atoms with Gasteiger partial charge in [-0.3, -0.25) is 0 Å². The standard InChI is InChI=1S/C7H14N2O4/c1-3-5-6-13-7(10)8(4-2)9(11)12/h3-6H2,1-2H3. The number of ether oxygens (including phenoxy) is 1. The highest BCUT2D eigenvalue weighted by atomic mass is 16.7. The largest absolute Gasteiger partial charge is 0.468 e. The van der Waals surface area contributed by atoms with Gasteiger partial charge in [0.05, 0.1) is 13.2 Å². The van der Waals surface area contributed by atoms with E-state index in [1.54, 1.807) is 0 Å². The van der Waals surface area contributed by atoms with Crippen LogP contribution in [0.2, 0.25) is 0 Å². The molecule has 0 aromatic heterocycles. The maximum Gasteiger partial charge on any atom is 0.468 e. The van der Waals surface area contributed by atoms with Crippen LogP contribution in [0.3, 0.4) is 0 Å². The molecule has 0 saturated carbocycles. The number of carbonyl (C=O) groups excluding carboxylic acids is 1. The van der Waals surface area contributed by atoms with E-state index in [9.17, 15) is 14.9 Å². The molecule has 1 amide bonds. The lowest BCUT2D eigenvalue weighted by Crippen LogP contribution is -2.36. The molecule has 0 heterocycles. The van der Waals surface area contributed by atoms with E-state index in [4.69, 9.17) is 0 Å². The van der Waals surface area contributed by atoms with Crippen LogP contribution >= 0.6 is 0 Å². The Morgan fingerprint density at radius 2 is 2.15 bits per heavy atom. The average molecular weight is 190 g/mol. The third-order valence-electron chi connectivity index (χ3n) is 1.43. The molecular formula is C7H14N2O4. The summed E-state index contributed by atoms with van der Waals surface area (Å²) in [5, 5.41) is 9.91. The van der Waals surface area contributed by atoms with E-state index in [0.717, 1.165) is 12.8 Å². The number of nitro groups is 1. The first kappa shape index (κ1) is 11.7. The predicted molar refractivity (Wildman–Crippen MR) is 45.6 cm³/mol. The number of unbranched alkanes of at least 4 members (excludes halogenated alkanes) is 1. The first-order valence-corrected chi connectivity index (χ1v) is 4.22. The third-order valence-corrected chi connectivity index (χ3v) is 1.43. The van der Waals surface area contributed by atoms with Crippen LogP contribution < -0.4 is 0 Å². The van der Waals surface area contributed by atoms with Crippen molar-refractivity contribution in [3.63, 3.8) is 0 Å². The molecular weight excluding hydrogens is 176 g/mol. The highest BCUT2D eigenvalue weighted by molar-refractivity contribution is 5.65. The van der Waals surface area contributed by atoms with Gasteiger partial charge in [-0.15, -0.1) is 0 Å². The normalized spacial score (nSPS) is 9.38. The average Bonchev–Trinajstić information content (AvgIpc) is 2.05. The molecule has 0 aromatic carbocycles. The quantitative estimate of drug-likeness (QED) is 0.373. The van der Waals surface area contributed by atoms with E-state index in [2.05, 4.69) is 4.74 Å². The maximum atomic E-state index is 11.0. The Hall–Kier alpha value is -1.33. The second-order valence-electron chi connectivity index (χ2n) is 2.42. The molecule has 0 radical (unpaired) electrons. The number of hydrogen-bond acceptors (Lipinski definition) is 4. The van der Waals surface area contributed by atoms with Gasteiger partial charge < -0.3 is 4.74 Å². The van der Waals surface area contributed by atoms with Crippen molar-refractivity contribution in [1.82, 2.24) is 5.01 Å². The fourth-order valence-electron chi connectivity index (χ4n) is 0.690. The zero-order valence-electron chi connectivity index (χ0n) is 7.86. The minimum Gasteiger partial charge on any atom is -0.446 e. The van der Waals surface area contributed by atoms with Gasteiger partial charge in [-0.25, -0.2) is 14.9 Å². The van der Waals surface area contributed by atoms with Crippen LogP contribution in [-0.2, 0) is 4.74 Å². The molecule has 76 valence electrons. The molecule has 0 fully saturated rings. The summed E-state index contributed by atoms with van der Waals surface area (Å²) in [4.78, 5) is 21.2. The summed E-state index contributed by atoms with van der Waals surface area (Å²) in [7, 11) is 0. The van der Waals surface area contributed by atoms with Crippen molar-refractivity contribution in [3.8, 4) is 0 Å². The first-order chi connectivity index (χ1) is 6.13. The molecule has 6 heteroatoms. The Labute approximate surface area is 76.6 Å². The molecule has 0 atom stereocenters. The number of rotatable bonds is 5. The lowest BCUT2D eigenvalue weighted by Gasteiger charge is -2.09. The van der Waals surface area contributed by atoms with Gasteiger partial charge in [-0.2, -0.15) is 0 Å². The fourth-order valence-corrected chi connectivity index (χ4v) is 0.690. The van der Waals surface area contributed by atoms with E-state index in [0.29, 0.717) is 5.01 Å². The van der Waals surface area contributed by atoms with Crippen molar-refractivity contribution in [2.45, 2.75) is 26.7 Å². The van der Waals surface area contributed by atoms with Crippen LogP contribution in [0, 0.1) is 10.1 Å². The molecule has 0 unspecified atom stereocenters. The number of nitrogens with zero attached hydrogens (tertiary/aromatic N) is 2. The SMILES string of the molecule is CCCCOC(=O)N(CC)[N+](=O)[O-]. The van der Waals surface area contributed by atoms with E-state index in [1.807, 2.05) is 6.92 Å². The topological polar surface area (TPSA) is 72.7 Å². The van der Waals surface area contributed by atoms with Crippen LogP contribution in [0.25, 0.3) is 0 Å². The molecule has 0 aromatic rings. The van der Waals surface area contributed by atoms with Crippen molar-refractivity contribution in [2.24, 2.45) is 0 Å². The molecule has 0 aliphatic carbocycles. The van der Waals surface area contributed by atoms with Gasteiger partial charge in [0.1, 0.15) is 0 Å². The third kappa shape index (κ3) is 4.29. The Bertz CT molecular complexity index is 183. The smallest absolute Gasteiger partial charge is 0.446 e. The molecule has 0 bridgehead atoms. The summed E-state index contributed by atoms with van der Waals surface area (Å²) in [6, 6.07) is 0. The minimum absolute atomic E-state index is 0.0119. The van der Waals surface area contributed by atoms with Crippen LogP contribution in [0.5, 0.6) is 0 Å². The molecule has 0 spiro atoms. The summed E-state index contributed by atoms with van der Waals surface area (Å²) >= 11 is 0. The summed E-state index contributed by atoms with van der Waals surface area (Å²) in [5.74, 6) is 0. The van der Waals surface area contributed by atoms with Crippen molar-refractivity contribution in [3.05, 3.63) is 10.1 Å². The van der Waals surface area contributed by atoms with Gasteiger partial charge in [0.25, 0.3) is 0 Å². The van der Waals surface area contributed by atoms with Crippen LogP contribution in [0.15, 0.2) is 0 Å².